The Morgan fingerprint density at radius 2 is 0.867 bits per heavy atom. The fourth-order valence-corrected chi connectivity index (χ4v) is 3.34. The molecule has 0 aliphatic carbocycles. The first-order chi connectivity index (χ1) is 21.2. The number of amides is 5. The molecule has 0 bridgehead atoms. The third-order valence-electron chi connectivity index (χ3n) is 5.63. The molecular weight excluding hydrogens is 598 g/mol. The van der Waals surface area contributed by atoms with Crippen molar-refractivity contribution in [3.05, 3.63) is 0 Å². The molecule has 0 aliphatic rings. The van der Waals surface area contributed by atoms with Gasteiger partial charge in [0.05, 0.1) is 13.1 Å². The number of carboxylic acid groups (broad SMARTS) is 2. The van der Waals surface area contributed by atoms with Crippen molar-refractivity contribution in [2.75, 3.05) is 45.8 Å². The second-order valence-corrected chi connectivity index (χ2v) is 9.26. The lowest BCUT2D eigenvalue weighted by atomic mass is 10.1. The predicted octanol–water partition coefficient (Wildman–Crippen LogP) is -1.33. The second-order valence-electron chi connectivity index (χ2n) is 9.26. The molecule has 17 heteroatoms. The number of carboxylic acids is 2. The van der Waals surface area contributed by atoms with Gasteiger partial charge >= 0.3 is 11.9 Å². The van der Waals surface area contributed by atoms with E-state index >= 15 is 0 Å². The number of ketones is 3. The molecule has 0 heterocycles. The molecule has 0 aromatic carbocycles. The highest BCUT2D eigenvalue weighted by molar-refractivity contribution is 5.94. The molecule has 5 N–H and O–H groups in total. The summed E-state index contributed by atoms with van der Waals surface area (Å²) in [5.41, 5.74) is 0. The van der Waals surface area contributed by atoms with Crippen LogP contribution in [0.5, 0.6) is 0 Å². The fraction of sp³-hybridized carbons (Fsp3) is 0.643. The maximum atomic E-state index is 12.5. The van der Waals surface area contributed by atoms with Crippen LogP contribution in [0.1, 0.15) is 72.6 Å². The fourth-order valence-electron chi connectivity index (χ4n) is 3.34. The van der Waals surface area contributed by atoms with Gasteiger partial charge in [0.25, 0.3) is 0 Å². The van der Waals surface area contributed by atoms with Crippen molar-refractivity contribution in [3.8, 4) is 0 Å². The van der Waals surface area contributed by atoms with Gasteiger partial charge in [-0.25, -0.2) is 0 Å². The van der Waals surface area contributed by atoms with E-state index in [9.17, 15) is 47.9 Å². The van der Waals surface area contributed by atoms with Crippen LogP contribution in [0.2, 0.25) is 0 Å². The Morgan fingerprint density at radius 1 is 0.489 bits per heavy atom. The Kier molecular flexibility index (Phi) is 23.3. The lowest BCUT2D eigenvalue weighted by molar-refractivity contribution is -0.146. The van der Waals surface area contributed by atoms with Crippen LogP contribution < -0.4 is 16.0 Å². The average Bonchev–Trinajstić information content (AvgIpc) is 2.99. The Bertz CT molecular complexity index is 1080. The van der Waals surface area contributed by atoms with E-state index in [0.717, 1.165) is 4.90 Å². The van der Waals surface area contributed by atoms with E-state index < -0.39 is 99.2 Å². The summed E-state index contributed by atoms with van der Waals surface area (Å²) in [5.74, 6) is -7.76. The molecule has 0 saturated heterocycles. The van der Waals surface area contributed by atoms with Crippen molar-refractivity contribution in [2.45, 2.75) is 72.6 Å². The number of aliphatic carboxylic acids is 2. The van der Waals surface area contributed by atoms with Crippen molar-refractivity contribution >= 4 is 58.8 Å². The number of nitrogens with one attached hydrogen (secondary N) is 3. The number of hydrogen-bond donors (Lipinski definition) is 5. The van der Waals surface area contributed by atoms with Gasteiger partial charge in [-0.1, -0.05) is 20.8 Å². The molecule has 0 aliphatic heterocycles. The van der Waals surface area contributed by atoms with E-state index in [0.29, 0.717) is 11.4 Å². The zero-order valence-electron chi connectivity index (χ0n) is 26.3. The largest absolute Gasteiger partial charge is 0.480 e. The molecule has 0 saturated carbocycles. The molecule has 0 radical (unpaired) electrons. The van der Waals surface area contributed by atoms with Crippen LogP contribution in [0.4, 0.5) is 0 Å². The Hall–Kier alpha value is -4.70. The van der Waals surface area contributed by atoms with Crippen molar-refractivity contribution in [1.29, 1.82) is 0 Å². The molecule has 45 heavy (non-hydrogen) atoms. The van der Waals surface area contributed by atoms with Crippen LogP contribution in [-0.4, -0.2) is 125 Å². The topological polar surface area (TPSA) is 254 Å². The third-order valence-corrected chi connectivity index (χ3v) is 5.63. The Balaban J connectivity index is 0. The minimum absolute atomic E-state index is 0.0689. The number of Topliss-reactive ketones (excluding diaryl/α,β-unsaturated/α-hetero) is 3. The van der Waals surface area contributed by atoms with Gasteiger partial charge in [0.15, 0.2) is 11.6 Å². The SMILES string of the molecule is CC.CCNC(=O)CCC(=O)CNC(=O)CN(CC(=O)O)C(=O)CCC(=O)CNC(=O)CN(CC(=O)O)C(=O)CCC(=O)CC. The summed E-state index contributed by atoms with van der Waals surface area (Å²) in [4.78, 5) is 120. The minimum Gasteiger partial charge on any atom is -0.480 e. The Morgan fingerprint density at radius 3 is 1.22 bits per heavy atom. The summed E-state index contributed by atoms with van der Waals surface area (Å²) in [6, 6.07) is 0. The maximum absolute atomic E-state index is 12.5. The first kappa shape index (κ1) is 42.4. The molecule has 0 rings (SSSR count). The summed E-state index contributed by atoms with van der Waals surface area (Å²) in [7, 11) is 0. The van der Waals surface area contributed by atoms with Gasteiger partial charge in [0.2, 0.25) is 29.5 Å². The first-order valence-corrected chi connectivity index (χ1v) is 14.5. The standard InChI is InChI=1S/C26H39N5O12.C2H6/c1-3-17(32)6-9-23(38)30(15-25(40)41)13-22(37)29-12-19(34)7-10-24(39)31(16-26(42)43)14-21(36)28-11-18(33)5-8-20(35)27-4-2;1-2/h3-16H2,1-2H3,(H,27,35)(H,28,36)(H,29,37)(H,40,41)(H,42,43);1-2H3. The molecular formula is C28H45N5O12. The van der Waals surface area contributed by atoms with Crippen LogP contribution in [0.25, 0.3) is 0 Å². The first-order valence-electron chi connectivity index (χ1n) is 14.5. The molecule has 5 amide bonds. The van der Waals surface area contributed by atoms with Crippen molar-refractivity contribution in [2.24, 2.45) is 0 Å². The molecule has 0 fully saturated rings. The highest BCUT2D eigenvalue weighted by atomic mass is 16.4. The van der Waals surface area contributed by atoms with Gasteiger partial charge in [-0.3, -0.25) is 47.9 Å². The smallest absolute Gasteiger partial charge is 0.323 e. The quantitative estimate of drug-likeness (QED) is 0.0868. The van der Waals surface area contributed by atoms with Crippen LogP contribution >= 0.6 is 0 Å². The molecule has 17 nitrogen and oxygen atoms in total. The van der Waals surface area contributed by atoms with Gasteiger partial charge in [-0.05, 0) is 6.92 Å². The van der Waals surface area contributed by atoms with Gasteiger partial charge < -0.3 is 36.0 Å². The van der Waals surface area contributed by atoms with Gasteiger partial charge in [0.1, 0.15) is 32.0 Å². The Labute approximate surface area is 261 Å². The maximum Gasteiger partial charge on any atom is 0.323 e. The zero-order valence-corrected chi connectivity index (χ0v) is 26.3. The summed E-state index contributed by atoms with van der Waals surface area (Å²) >= 11 is 0. The second kappa shape index (κ2) is 24.7. The zero-order chi connectivity index (χ0) is 34.9. The van der Waals surface area contributed by atoms with Crippen LogP contribution in [0, 0.1) is 0 Å². The van der Waals surface area contributed by atoms with E-state index in [-0.39, 0.29) is 43.8 Å². The highest BCUT2D eigenvalue weighted by Crippen LogP contribution is 2.02. The number of carbonyl (C=O) groups excluding carboxylic acids is 8. The van der Waals surface area contributed by atoms with Crippen molar-refractivity contribution < 1.29 is 58.2 Å². The molecule has 254 valence electrons. The third kappa shape index (κ3) is 22.5. The van der Waals surface area contributed by atoms with E-state index in [1.54, 1.807) is 13.8 Å². The van der Waals surface area contributed by atoms with Gasteiger partial charge in [0, 0.05) is 51.5 Å². The van der Waals surface area contributed by atoms with Crippen molar-refractivity contribution in [1.82, 2.24) is 25.8 Å². The molecule has 0 aromatic heterocycles. The van der Waals surface area contributed by atoms with E-state index in [1.165, 1.54) is 0 Å². The van der Waals surface area contributed by atoms with Gasteiger partial charge in [-0.2, -0.15) is 0 Å². The molecule has 0 atom stereocenters. The van der Waals surface area contributed by atoms with Crippen LogP contribution in [0.15, 0.2) is 0 Å². The minimum atomic E-state index is -1.43. The predicted molar refractivity (Wildman–Crippen MR) is 157 cm³/mol. The number of carbonyl (C=O) groups is 10. The van der Waals surface area contributed by atoms with Crippen molar-refractivity contribution in [3.63, 3.8) is 0 Å². The van der Waals surface area contributed by atoms with E-state index in [4.69, 9.17) is 10.2 Å². The molecule has 0 aromatic rings. The molecule has 0 spiro atoms. The van der Waals surface area contributed by atoms with Crippen LogP contribution in [0.3, 0.4) is 0 Å². The number of rotatable bonds is 23. The lowest BCUT2D eigenvalue weighted by Crippen LogP contribution is -2.45. The monoisotopic (exact) mass is 643 g/mol. The van der Waals surface area contributed by atoms with E-state index in [2.05, 4.69) is 16.0 Å². The molecule has 0 unspecified atom stereocenters. The number of nitrogens with zero attached hydrogens (tertiary/aromatic N) is 2. The summed E-state index contributed by atoms with van der Waals surface area (Å²) in [6.07, 6.45) is -1.34. The summed E-state index contributed by atoms with van der Waals surface area (Å²) < 4.78 is 0. The lowest BCUT2D eigenvalue weighted by Gasteiger charge is -2.20. The summed E-state index contributed by atoms with van der Waals surface area (Å²) in [6.45, 7) is 3.65. The number of hydrogen-bond acceptors (Lipinski definition) is 10. The summed E-state index contributed by atoms with van der Waals surface area (Å²) in [5, 5.41) is 25.0. The van der Waals surface area contributed by atoms with E-state index in [1.807, 2.05) is 13.8 Å². The van der Waals surface area contributed by atoms with Crippen LogP contribution in [-0.2, 0) is 47.9 Å². The van der Waals surface area contributed by atoms with Gasteiger partial charge in [-0.15, -0.1) is 0 Å². The highest BCUT2D eigenvalue weighted by Gasteiger charge is 2.23. The normalized spacial score (nSPS) is 9.87. The average molecular weight is 644 g/mol.